The number of aryl methyl sites for hydroxylation is 1. The fourth-order valence-corrected chi connectivity index (χ4v) is 6.22. The summed E-state index contributed by atoms with van der Waals surface area (Å²) in [6, 6.07) is 21.4. The maximum Gasteiger partial charge on any atom is 0.411 e. The highest BCUT2D eigenvalue weighted by atomic mass is 16.5. The lowest BCUT2D eigenvalue weighted by Gasteiger charge is -2.40. The van der Waals surface area contributed by atoms with Crippen LogP contribution in [0, 0.1) is 6.92 Å². The first-order chi connectivity index (χ1) is 21.0. The SMILES string of the molecule is COC(=O)Nc1cccc(-c2ccnc(N[C@@H]3CCCC[C@H]3N[C@H]3CCCN(c4ccc(-c5noc(C)n5)cc4)C3)c2)c1. The van der Waals surface area contributed by atoms with Crippen LogP contribution in [0.15, 0.2) is 71.4 Å². The van der Waals surface area contributed by atoms with Crippen LogP contribution in [0.4, 0.5) is 22.0 Å². The molecule has 1 saturated carbocycles. The van der Waals surface area contributed by atoms with Gasteiger partial charge in [0, 0.05) is 61.3 Å². The topological polar surface area (TPSA) is 117 Å². The van der Waals surface area contributed by atoms with E-state index in [1.807, 2.05) is 36.5 Å². The average Bonchev–Trinajstić information content (AvgIpc) is 3.48. The number of aromatic nitrogens is 3. The molecule has 224 valence electrons. The monoisotopic (exact) mass is 581 g/mol. The van der Waals surface area contributed by atoms with Gasteiger partial charge in [0.2, 0.25) is 11.7 Å². The second-order valence-electron chi connectivity index (χ2n) is 11.4. The molecule has 3 N–H and O–H groups in total. The molecule has 3 heterocycles. The Labute approximate surface area is 252 Å². The van der Waals surface area contributed by atoms with Gasteiger partial charge in [-0.2, -0.15) is 4.98 Å². The third-order valence-electron chi connectivity index (χ3n) is 8.38. The molecule has 2 aliphatic rings. The van der Waals surface area contributed by atoms with Crippen LogP contribution in [0.25, 0.3) is 22.5 Å². The number of methoxy groups -OCH3 is 1. The van der Waals surface area contributed by atoms with Crippen molar-refractivity contribution in [2.24, 2.45) is 0 Å². The Kier molecular flexibility index (Phi) is 8.83. The number of nitrogens with one attached hydrogen (secondary N) is 3. The molecular formula is C33H39N7O3. The summed E-state index contributed by atoms with van der Waals surface area (Å²) < 4.78 is 9.87. The van der Waals surface area contributed by atoms with E-state index in [9.17, 15) is 4.79 Å². The minimum absolute atomic E-state index is 0.303. The summed E-state index contributed by atoms with van der Waals surface area (Å²) in [7, 11) is 1.36. The van der Waals surface area contributed by atoms with Gasteiger partial charge < -0.3 is 24.8 Å². The summed E-state index contributed by atoms with van der Waals surface area (Å²) in [5, 5.41) is 14.6. The normalized spacial score (nSPS) is 20.4. The number of amides is 1. The highest BCUT2D eigenvalue weighted by Crippen LogP contribution is 2.28. The van der Waals surface area contributed by atoms with Crippen LogP contribution in [-0.4, -0.2) is 59.5 Å². The first kappa shape index (κ1) is 28.7. The van der Waals surface area contributed by atoms with E-state index in [1.165, 1.54) is 32.1 Å². The molecule has 10 heteroatoms. The smallest absolute Gasteiger partial charge is 0.411 e. The van der Waals surface area contributed by atoms with Crippen molar-refractivity contribution in [3.05, 3.63) is 72.8 Å². The van der Waals surface area contributed by atoms with E-state index >= 15 is 0 Å². The number of benzene rings is 2. The Balaban J connectivity index is 1.09. The maximum absolute atomic E-state index is 11.7. The van der Waals surface area contributed by atoms with E-state index in [1.54, 1.807) is 6.92 Å². The van der Waals surface area contributed by atoms with Gasteiger partial charge in [-0.1, -0.05) is 30.1 Å². The van der Waals surface area contributed by atoms with Crippen LogP contribution >= 0.6 is 0 Å². The average molecular weight is 582 g/mol. The number of piperidine rings is 1. The van der Waals surface area contributed by atoms with Crippen molar-refractivity contribution in [1.29, 1.82) is 0 Å². The zero-order valence-electron chi connectivity index (χ0n) is 24.8. The van der Waals surface area contributed by atoms with Gasteiger partial charge in [-0.05, 0) is 85.3 Å². The third-order valence-corrected chi connectivity index (χ3v) is 8.38. The molecule has 2 fully saturated rings. The molecule has 2 aromatic heterocycles. The van der Waals surface area contributed by atoms with Crippen molar-refractivity contribution in [3.8, 4) is 22.5 Å². The number of anilines is 3. The number of carbonyl (C=O) groups is 1. The summed E-state index contributed by atoms with van der Waals surface area (Å²) in [6.07, 6.45) is 8.37. The summed E-state index contributed by atoms with van der Waals surface area (Å²) in [5.74, 6) is 2.06. The Morgan fingerprint density at radius 1 is 0.953 bits per heavy atom. The number of pyridine rings is 1. The molecule has 3 atom stereocenters. The van der Waals surface area contributed by atoms with Crippen molar-refractivity contribution >= 4 is 23.3 Å². The van der Waals surface area contributed by atoms with Crippen molar-refractivity contribution in [3.63, 3.8) is 0 Å². The second kappa shape index (κ2) is 13.2. The molecule has 4 aromatic rings. The van der Waals surface area contributed by atoms with Crippen LogP contribution in [0.2, 0.25) is 0 Å². The van der Waals surface area contributed by atoms with Gasteiger partial charge in [0.15, 0.2) is 0 Å². The van der Waals surface area contributed by atoms with Crippen LogP contribution in [0.1, 0.15) is 44.4 Å². The second-order valence-corrected chi connectivity index (χ2v) is 11.4. The van der Waals surface area contributed by atoms with Gasteiger partial charge in [0.25, 0.3) is 0 Å². The van der Waals surface area contributed by atoms with E-state index in [4.69, 9.17) is 9.26 Å². The number of hydrogen-bond donors (Lipinski definition) is 3. The third kappa shape index (κ3) is 7.14. The van der Waals surface area contributed by atoms with Gasteiger partial charge in [-0.3, -0.25) is 5.32 Å². The van der Waals surface area contributed by atoms with Gasteiger partial charge in [-0.25, -0.2) is 9.78 Å². The molecule has 6 rings (SSSR count). The van der Waals surface area contributed by atoms with E-state index in [0.717, 1.165) is 54.9 Å². The molecule has 1 saturated heterocycles. The predicted molar refractivity (Wildman–Crippen MR) is 168 cm³/mol. The number of carbonyl (C=O) groups excluding carboxylic acids is 1. The molecule has 10 nitrogen and oxygen atoms in total. The molecule has 1 amide bonds. The molecule has 43 heavy (non-hydrogen) atoms. The minimum Gasteiger partial charge on any atom is -0.453 e. The first-order valence-corrected chi connectivity index (χ1v) is 15.1. The van der Waals surface area contributed by atoms with Crippen molar-refractivity contribution in [1.82, 2.24) is 20.4 Å². The van der Waals surface area contributed by atoms with Gasteiger partial charge in [-0.15, -0.1) is 0 Å². The molecule has 0 radical (unpaired) electrons. The summed E-state index contributed by atoms with van der Waals surface area (Å²) in [4.78, 5) is 23.1. The molecule has 0 spiro atoms. The number of ether oxygens (including phenoxy) is 1. The maximum atomic E-state index is 11.7. The highest BCUT2D eigenvalue weighted by Gasteiger charge is 2.29. The summed E-state index contributed by atoms with van der Waals surface area (Å²) in [5.41, 5.74) is 4.91. The zero-order chi connectivity index (χ0) is 29.6. The van der Waals surface area contributed by atoms with Gasteiger partial charge in [0.05, 0.1) is 7.11 Å². The molecule has 2 aromatic carbocycles. The lowest BCUT2D eigenvalue weighted by atomic mass is 9.89. The standard InChI is InChI=1S/C33H39N7O3/c1-22-35-32(39-43-22)23-12-14-28(15-13-23)40-18-6-9-27(21-40)36-29-10-3-4-11-30(29)38-31-20-25(16-17-34-31)24-7-5-8-26(19-24)37-33(41)42-2/h5,7-8,12-17,19-20,27,29-30,36H,3-4,6,9-11,18,21H2,1-2H3,(H,34,38)(H,37,41)/t27-,29+,30+/m0/s1. The largest absolute Gasteiger partial charge is 0.453 e. The predicted octanol–water partition coefficient (Wildman–Crippen LogP) is 6.27. The van der Waals surface area contributed by atoms with Crippen molar-refractivity contribution in [2.75, 3.05) is 35.7 Å². The molecule has 0 bridgehead atoms. The number of hydrogen-bond acceptors (Lipinski definition) is 9. The van der Waals surface area contributed by atoms with Crippen molar-refractivity contribution in [2.45, 2.75) is 63.6 Å². The Bertz CT molecular complexity index is 1520. The van der Waals surface area contributed by atoms with Gasteiger partial charge in [0.1, 0.15) is 5.82 Å². The fourth-order valence-electron chi connectivity index (χ4n) is 6.22. The van der Waals surface area contributed by atoms with E-state index in [2.05, 4.69) is 66.3 Å². The molecular weight excluding hydrogens is 542 g/mol. The lowest BCUT2D eigenvalue weighted by Crippen LogP contribution is -2.54. The zero-order valence-corrected chi connectivity index (χ0v) is 24.8. The van der Waals surface area contributed by atoms with E-state index in [-0.39, 0.29) is 0 Å². The van der Waals surface area contributed by atoms with Crippen molar-refractivity contribution < 1.29 is 14.1 Å². The first-order valence-electron chi connectivity index (χ1n) is 15.1. The Morgan fingerprint density at radius 3 is 2.56 bits per heavy atom. The highest BCUT2D eigenvalue weighted by molar-refractivity contribution is 5.86. The van der Waals surface area contributed by atoms with Crippen LogP contribution < -0.4 is 20.9 Å². The van der Waals surface area contributed by atoms with Crippen LogP contribution in [0.5, 0.6) is 0 Å². The lowest BCUT2D eigenvalue weighted by molar-refractivity contribution is 0.187. The molecule has 1 aliphatic carbocycles. The van der Waals surface area contributed by atoms with E-state index in [0.29, 0.717) is 35.5 Å². The Hall–Kier alpha value is -4.44. The number of rotatable bonds is 8. The number of nitrogens with zero attached hydrogens (tertiary/aromatic N) is 4. The van der Waals surface area contributed by atoms with E-state index < -0.39 is 6.09 Å². The fraction of sp³-hybridized carbons (Fsp3) is 0.394. The van der Waals surface area contributed by atoms with Gasteiger partial charge >= 0.3 is 6.09 Å². The summed E-state index contributed by atoms with van der Waals surface area (Å²) >= 11 is 0. The van der Waals surface area contributed by atoms with Crippen LogP contribution in [-0.2, 0) is 4.74 Å². The quantitative estimate of drug-likeness (QED) is 0.221. The van der Waals surface area contributed by atoms with Crippen LogP contribution in [0.3, 0.4) is 0 Å². The summed E-state index contributed by atoms with van der Waals surface area (Å²) in [6.45, 7) is 3.84. The molecule has 0 unspecified atom stereocenters. The Morgan fingerprint density at radius 2 is 1.77 bits per heavy atom. The minimum atomic E-state index is -0.486. The molecule has 1 aliphatic heterocycles.